The van der Waals surface area contributed by atoms with Crippen LogP contribution in [0, 0.1) is 17.0 Å². The summed E-state index contributed by atoms with van der Waals surface area (Å²) in [5.41, 5.74) is 0.745. The molecule has 0 spiro atoms. The van der Waals surface area contributed by atoms with Crippen molar-refractivity contribution in [2.24, 2.45) is 0 Å². The van der Waals surface area contributed by atoms with E-state index in [4.69, 9.17) is 20.8 Å². The fourth-order valence-electron chi connectivity index (χ4n) is 3.33. The average molecular weight is 482 g/mol. The zero-order chi connectivity index (χ0) is 24.6. The van der Waals surface area contributed by atoms with E-state index in [1.54, 1.807) is 13.0 Å². The summed E-state index contributed by atoms with van der Waals surface area (Å²) < 4.78 is 11.0. The van der Waals surface area contributed by atoms with Crippen LogP contribution in [0.2, 0.25) is 5.02 Å². The molecule has 1 N–H and O–H groups in total. The molecule has 1 fully saturated rings. The van der Waals surface area contributed by atoms with Gasteiger partial charge in [0.25, 0.3) is 17.5 Å². The number of anilines is 1. The predicted octanol–water partition coefficient (Wildman–Crippen LogP) is 4.49. The maximum atomic E-state index is 13.0. The van der Waals surface area contributed by atoms with Gasteiger partial charge in [-0.1, -0.05) is 17.7 Å². The number of carbonyl (C=O) groups excluding carboxylic acids is 3. The van der Waals surface area contributed by atoms with Crippen LogP contribution >= 0.6 is 11.6 Å². The lowest BCUT2D eigenvalue weighted by Crippen LogP contribution is -2.54. The number of nitrogens with zero attached hydrogens (tertiary/aromatic N) is 2. The highest BCUT2D eigenvalue weighted by Gasteiger charge is 2.37. The number of nitro groups is 1. The smallest absolute Gasteiger partial charge is 0.335 e. The maximum Gasteiger partial charge on any atom is 0.335 e. The molecule has 172 valence electrons. The molecule has 4 amide bonds. The average Bonchev–Trinajstić information content (AvgIpc) is 3.27. The molecule has 0 aliphatic carbocycles. The zero-order valence-electron chi connectivity index (χ0n) is 17.8. The van der Waals surface area contributed by atoms with Crippen molar-refractivity contribution in [1.29, 1.82) is 0 Å². The Hall–Kier alpha value is -4.44. The molecular weight excluding hydrogens is 466 g/mol. The SMILES string of the molecule is COc1ccc([N+](=O)[O-])cc1-c1ccc(/C=C2/C(=O)NC(=O)N(c3ccc(C)c(Cl)c3)C2=O)o1. The summed E-state index contributed by atoms with van der Waals surface area (Å²) in [6.45, 7) is 1.77. The molecule has 1 saturated heterocycles. The van der Waals surface area contributed by atoms with Gasteiger partial charge in [-0.2, -0.15) is 0 Å². The molecule has 10 nitrogen and oxygen atoms in total. The van der Waals surface area contributed by atoms with Gasteiger partial charge in [0.2, 0.25) is 0 Å². The summed E-state index contributed by atoms with van der Waals surface area (Å²) in [7, 11) is 1.41. The third-order valence-electron chi connectivity index (χ3n) is 5.09. The Labute approximate surface area is 197 Å². The van der Waals surface area contributed by atoms with E-state index in [9.17, 15) is 24.5 Å². The molecule has 11 heteroatoms. The van der Waals surface area contributed by atoms with Crippen LogP contribution in [0.1, 0.15) is 11.3 Å². The van der Waals surface area contributed by atoms with Gasteiger partial charge in [0.05, 0.1) is 23.3 Å². The van der Waals surface area contributed by atoms with E-state index < -0.39 is 22.8 Å². The number of ether oxygens (including phenoxy) is 1. The Morgan fingerprint density at radius 3 is 2.56 bits per heavy atom. The van der Waals surface area contributed by atoms with Gasteiger partial charge in [0.15, 0.2) is 0 Å². The number of hydrogen-bond donors (Lipinski definition) is 1. The van der Waals surface area contributed by atoms with Crippen molar-refractivity contribution in [3.63, 3.8) is 0 Å². The summed E-state index contributed by atoms with van der Waals surface area (Å²) >= 11 is 6.12. The van der Waals surface area contributed by atoms with Crippen LogP contribution < -0.4 is 15.0 Å². The number of barbiturate groups is 1. The number of aryl methyl sites for hydroxylation is 1. The van der Waals surface area contributed by atoms with Crippen molar-refractivity contribution >= 4 is 46.9 Å². The van der Waals surface area contributed by atoms with Crippen molar-refractivity contribution in [2.75, 3.05) is 12.0 Å². The largest absolute Gasteiger partial charge is 0.496 e. The molecule has 0 radical (unpaired) electrons. The van der Waals surface area contributed by atoms with E-state index >= 15 is 0 Å². The topological polar surface area (TPSA) is 132 Å². The number of amides is 4. The fraction of sp³-hybridized carbons (Fsp3) is 0.0870. The number of halogens is 1. The quantitative estimate of drug-likeness (QED) is 0.245. The first kappa shape index (κ1) is 22.7. The minimum Gasteiger partial charge on any atom is -0.496 e. The number of hydrogen-bond acceptors (Lipinski definition) is 7. The van der Waals surface area contributed by atoms with Crippen LogP contribution in [0.15, 0.2) is 58.5 Å². The molecule has 2 heterocycles. The third kappa shape index (κ3) is 4.14. The minimum atomic E-state index is -0.909. The Balaban J connectivity index is 1.71. The van der Waals surface area contributed by atoms with Gasteiger partial charge in [-0.3, -0.25) is 25.0 Å². The van der Waals surface area contributed by atoms with Gasteiger partial charge in [-0.05, 0) is 48.9 Å². The maximum absolute atomic E-state index is 13.0. The van der Waals surface area contributed by atoms with E-state index in [-0.39, 0.29) is 28.5 Å². The fourth-order valence-corrected chi connectivity index (χ4v) is 3.51. The molecule has 4 rings (SSSR count). The van der Waals surface area contributed by atoms with Crippen LogP contribution in [0.25, 0.3) is 17.4 Å². The van der Waals surface area contributed by atoms with Crippen LogP contribution in [-0.2, 0) is 9.59 Å². The summed E-state index contributed by atoms with van der Waals surface area (Å²) in [6.07, 6.45) is 1.18. The lowest BCUT2D eigenvalue weighted by Gasteiger charge is -2.26. The highest BCUT2D eigenvalue weighted by molar-refractivity contribution is 6.39. The van der Waals surface area contributed by atoms with Gasteiger partial charge in [-0.25, -0.2) is 9.69 Å². The number of methoxy groups -OCH3 is 1. The summed E-state index contributed by atoms with van der Waals surface area (Å²) in [4.78, 5) is 49.2. The van der Waals surface area contributed by atoms with Crippen molar-refractivity contribution in [3.8, 4) is 17.1 Å². The molecule has 1 aliphatic heterocycles. The number of rotatable bonds is 5. The van der Waals surface area contributed by atoms with Crippen molar-refractivity contribution in [2.45, 2.75) is 6.92 Å². The van der Waals surface area contributed by atoms with Crippen molar-refractivity contribution < 1.29 is 28.5 Å². The molecule has 0 unspecified atom stereocenters. The summed E-state index contributed by atoms with van der Waals surface area (Å²) in [6, 6.07) is 10.7. The Kier molecular flexibility index (Phi) is 5.91. The van der Waals surface area contributed by atoms with Crippen molar-refractivity contribution in [3.05, 3.63) is 80.6 Å². The lowest BCUT2D eigenvalue weighted by atomic mass is 10.1. The number of carbonyl (C=O) groups is 3. The summed E-state index contributed by atoms with van der Waals surface area (Å²) in [5, 5.41) is 13.6. The number of nitro benzene ring substituents is 1. The first-order chi connectivity index (χ1) is 16.2. The Morgan fingerprint density at radius 2 is 1.88 bits per heavy atom. The highest BCUT2D eigenvalue weighted by Crippen LogP contribution is 2.35. The second-order valence-corrected chi connectivity index (χ2v) is 7.64. The molecule has 1 aromatic heterocycles. The van der Waals surface area contributed by atoms with E-state index in [2.05, 4.69) is 5.32 Å². The van der Waals surface area contributed by atoms with Gasteiger partial charge >= 0.3 is 6.03 Å². The molecule has 1 aliphatic rings. The molecule has 0 bridgehead atoms. The van der Waals surface area contributed by atoms with Gasteiger partial charge in [0.1, 0.15) is 22.8 Å². The standard InChI is InChI=1S/C23H16ClN3O7/c1-12-3-4-13(10-18(12)24)26-22(29)17(21(28)25-23(26)30)11-15-6-8-20(34-15)16-9-14(27(31)32)5-7-19(16)33-2/h3-11H,1-2H3,(H,25,28,30)/b17-11-. The second kappa shape index (κ2) is 8.83. The number of benzene rings is 2. The van der Waals surface area contributed by atoms with E-state index in [1.165, 1.54) is 55.7 Å². The van der Waals surface area contributed by atoms with E-state index in [0.717, 1.165) is 10.5 Å². The molecular formula is C23H16ClN3O7. The van der Waals surface area contributed by atoms with E-state index in [1.807, 2.05) is 0 Å². The van der Waals surface area contributed by atoms with Crippen LogP contribution in [0.4, 0.5) is 16.2 Å². The number of furan rings is 1. The van der Waals surface area contributed by atoms with Gasteiger partial charge in [-0.15, -0.1) is 0 Å². The molecule has 2 aromatic carbocycles. The monoisotopic (exact) mass is 481 g/mol. The Morgan fingerprint density at radius 1 is 1.12 bits per heavy atom. The zero-order valence-corrected chi connectivity index (χ0v) is 18.6. The molecule has 34 heavy (non-hydrogen) atoms. The van der Waals surface area contributed by atoms with Crippen LogP contribution in [0.3, 0.4) is 0 Å². The number of imide groups is 2. The first-order valence-electron chi connectivity index (χ1n) is 9.80. The predicted molar refractivity (Wildman–Crippen MR) is 123 cm³/mol. The van der Waals surface area contributed by atoms with Crippen molar-refractivity contribution in [1.82, 2.24) is 5.32 Å². The number of urea groups is 1. The lowest BCUT2D eigenvalue weighted by molar-refractivity contribution is -0.384. The first-order valence-corrected chi connectivity index (χ1v) is 10.2. The van der Waals surface area contributed by atoms with E-state index in [0.29, 0.717) is 16.3 Å². The Bertz CT molecular complexity index is 1390. The minimum absolute atomic E-state index is 0.110. The van der Waals surface area contributed by atoms with Crippen LogP contribution in [0.5, 0.6) is 5.75 Å². The van der Waals surface area contributed by atoms with Gasteiger partial charge in [0, 0.05) is 17.2 Å². The molecule has 0 saturated carbocycles. The number of nitrogens with one attached hydrogen (secondary N) is 1. The second-order valence-electron chi connectivity index (χ2n) is 7.24. The number of non-ortho nitro benzene ring substituents is 1. The van der Waals surface area contributed by atoms with Crippen LogP contribution in [-0.4, -0.2) is 29.9 Å². The summed E-state index contributed by atoms with van der Waals surface area (Å²) in [5.74, 6) is -1.10. The molecule has 0 atom stereocenters. The highest BCUT2D eigenvalue weighted by atomic mass is 35.5. The third-order valence-corrected chi connectivity index (χ3v) is 5.50. The molecule has 3 aromatic rings. The van der Waals surface area contributed by atoms with Gasteiger partial charge < -0.3 is 9.15 Å². The normalized spacial score (nSPS) is 15.0.